The molecule has 2 aliphatic rings. The lowest BCUT2D eigenvalue weighted by Crippen LogP contribution is -2.42. The Hall–Kier alpha value is 0.580. The molecule has 5 heteroatoms. The monoisotopic (exact) mass is 290 g/mol. The third kappa shape index (κ3) is 5.29. The number of thioether (sulfide) groups is 2. The van der Waals surface area contributed by atoms with Crippen LogP contribution in [0.4, 0.5) is 0 Å². The number of nitrogens with zero attached hydrogens (tertiary/aromatic N) is 1. The van der Waals surface area contributed by atoms with Crippen molar-refractivity contribution in [1.82, 2.24) is 10.2 Å². The van der Waals surface area contributed by atoms with Crippen molar-refractivity contribution >= 4 is 23.5 Å². The second kappa shape index (κ2) is 8.69. The van der Waals surface area contributed by atoms with E-state index in [0.29, 0.717) is 18.6 Å². The highest BCUT2D eigenvalue weighted by atomic mass is 32.2. The van der Waals surface area contributed by atoms with Gasteiger partial charge in [0, 0.05) is 48.7 Å². The van der Waals surface area contributed by atoms with Crippen LogP contribution in [0.3, 0.4) is 0 Å². The Kier molecular flexibility index (Phi) is 7.23. The first-order chi connectivity index (χ1) is 8.88. The lowest BCUT2D eigenvalue weighted by molar-refractivity contribution is 0.132. The standard InChI is InChI=1S/C13H26N2OS2/c16-9-12-1-4-15(5-2-12)6-3-14-13-10-17-7-8-18-11-13/h12-14,16H,1-11H2. The molecule has 0 spiro atoms. The van der Waals surface area contributed by atoms with Crippen molar-refractivity contribution in [2.24, 2.45) is 5.92 Å². The maximum Gasteiger partial charge on any atom is 0.0460 e. The van der Waals surface area contributed by atoms with Crippen molar-refractivity contribution in [2.75, 3.05) is 55.8 Å². The summed E-state index contributed by atoms with van der Waals surface area (Å²) in [4.78, 5) is 2.54. The zero-order chi connectivity index (χ0) is 12.6. The molecule has 0 aromatic carbocycles. The molecule has 2 aliphatic heterocycles. The van der Waals surface area contributed by atoms with Crippen molar-refractivity contribution in [2.45, 2.75) is 18.9 Å². The number of nitrogens with one attached hydrogen (secondary N) is 1. The van der Waals surface area contributed by atoms with Gasteiger partial charge in [-0.05, 0) is 31.8 Å². The average molecular weight is 290 g/mol. The first-order valence-electron chi connectivity index (χ1n) is 7.10. The van der Waals surface area contributed by atoms with Gasteiger partial charge in [0.15, 0.2) is 0 Å². The van der Waals surface area contributed by atoms with Crippen LogP contribution in [0.25, 0.3) is 0 Å². The van der Waals surface area contributed by atoms with E-state index in [-0.39, 0.29) is 0 Å². The molecule has 2 N–H and O–H groups in total. The van der Waals surface area contributed by atoms with Crippen molar-refractivity contribution in [3.8, 4) is 0 Å². The van der Waals surface area contributed by atoms with Crippen LogP contribution in [0.1, 0.15) is 12.8 Å². The molecule has 3 nitrogen and oxygen atoms in total. The van der Waals surface area contributed by atoms with Gasteiger partial charge in [0.25, 0.3) is 0 Å². The van der Waals surface area contributed by atoms with Gasteiger partial charge in [-0.15, -0.1) is 0 Å². The maximum atomic E-state index is 9.11. The largest absolute Gasteiger partial charge is 0.396 e. The number of hydrogen-bond acceptors (Lipinski definition) is 5. The van der Waals surface area contributed by atoms with Crippen LogP contribution in [-0.2, 0) is 0 Å². The molecule has 2 fully saturated rings. The Balaban J connectivity index is 1.55. The predicted molar refractivity (Wildman–Crippen MR) is 82.7 cm³/mol. The van der Waals surface area contributed by atoms with Gasteiger partial charge in [0.1, 0.15) is 0 Å². The second-order valence-corrected chi connectivity index (χ2v) is 7.57. The van der Waals surface area contributed by atoms with Crippen molar-refractivity contribution in [3.05, 3.63) is 0 Å². The number of piperidine rings is 1. The van der Waals surface area contributed by atoms with E-state index in [0.717, 1.165) is 6.54 Å². The van der Waals surface area contributed by atoms with Crippen molar-refractivity contribution < 1.29 is 5.11 Å². The molecule has 0 unspecified atom stereocenters. The molecule has 0 amide bonds. The smallest absolute Gasteiger partial charge is 0.0460 e. The Labute approximate surface area is 119 Å². The molecule has 2 rings (SSSR count). The summed E-state index contributed by atoms with van der Waals surface area (Å²) in [5.41, 5.74) is 0. The van der Waals surface area contributed by atoms with Gasteiger partial charge in [-0.2, -0.15) is 23.5 Å². The average Bonchev–Trinajstić information content (AvgIpc) is 2.68. The van der Waals surface area contributed by atoms with E-state index >= 15 is 0 Å². The molecule has 0 aromatic rings. The number of aliphatic hydroxyl groups excluding tert-OH is 1. The Bertz CT molecular complexity index is 215. The summed E-state index contributed by atoms with van der Waals surface area (Å²) in [5.74, 6) is 5.75. The van der Waals surface area contributed by atoms with Crippen LogP contribution in [0.2, 0.25) is 0 Å². The third-order valence-corrected chi connectivity index (χ3v) is 6.36. The number of hydrogen-bond donors (Lipinski definition) is 2. The molecular weight excluding hydrogens is 264 g/mol. The molecule has 0 aliphatic carbocycles. The molecule has 106 valence electrons. The number of likely N-dealkylation sites (tertiary alicyclic amines) is 1. The minimum Gasteiger partial charge on any atom is -0.396 e. The second-order valence-electron chi connectivity index (χ2n) is 5.27. The fraction of sp³-hybridized carbons (Fsp3) is 1.00. The highest BCUT2D eigenvalue weighted by Crippen LogP contribution is 2.17. The summed E-state index contributed by atoms with van der Waals surface area (Å²) in [5, 5.41) is 12.8. The van der Waals surface area contributed by atoms with Gasteiger partial charge in [-0.1, -0.05) is 0 Å². The predicted octanol–water partition coefficient (Wildman–Crippen LogP) is 1.13. The summed E-state index contributed by atoms with van der Waals surface area (Å²) in [6, 6.07) is 0.706. The van der Waals surface area contributed by atoms with Crippen LogP contribution in [0, 0.1) is 5.92 Å². The maximum absolute atomic E-state index is 9.11. The molecule has 2 heterocycles. The highest BCUT2D eigenvalue weighted by Gasteiger charge is 2.18. The fourth-order valence-electron chi connectivity index (χ4n) is 2.55. The van der Waals surface area contributed by atoms with E-state index in [9.17, 15) is 0 Å². The van der Waals surface area contributed by atoms with Crippen LogP contribution < -0.4 is 5.32 Å². The van der Waals surface area contributed by atoms with E-state index in [1.807, 2.05) is 0 Å². The topological polar surface area (TPSA) is 35.5 Å². The summed E-state index contributed by atoms with van der Waals surface area (Å²) in [6.45, 7) is 5.00. The zero-order valence-electron chi connectivity index (χ0n) is 11.1. The van der Waals surface area contributed by atoms with E-state index in [1.54, 1.807) is 0 Å². The van der Waals surface area contributed by atoms with Crippen LogP contribution in [0.5, 0.6) is 0 Å². The fourth-order valence-corrected chi connectivity index (χ4v) is 5.02. The molecule has 0 radical (unpaired) electrons. The van der Waals surface area contributed by atoms with Gasteiger partial charge >= 0.3 is 0 Å². The summed E-state index contributed by atoms with van der Waals surface area (Å²) in [6.07, 6.45) is 2.34. The van der Waals surface area contributed by atoms with Crippen LogP contribution in [0.15, 0.2) is 0 Å². The molecule has 0 atom stereocenters. The van der Waals surface area contributed by atoms with Crippen molar-refractivity contribution in [1.29, 1.82) is 0 Å². The summed E-state index contributed by atoms with van der Waals surface area (Å²) >= 11 is 4.18. The van der Waals surface area contributed by atoms with E-state index in [2.05, 4.69) is 33.7 Å². The first kappa shape index (κ1) is 15.0. The molecule has 2 saturated heterocycles. The molecular formula is C13H26N2OS2. The number of aliphatic hydroxyl groups is 1. The normalized spacial score (nSPS) is 25.2. The Morgan fingerprint density at radius 3 is 2.39 bits per heavy atom. The van der Waals surface area contributed by atoms with Crippen LogP contribution in [-0.4, -0.2) is 71.8 Å². The van der Waals surface area contributed by atoms with Crippen molar-refractivity contribution in [3.63, 3.8) is 0 Å². The Morgan fingerprint density at radius 2 is 1.78 bits per heavy atom. The Morgan fingerprint density at radius 1 is 1.11 bits per heavy atom. The minimum absolute atomic E-state index is 0.378. The quantitative estimate of drug-likeness (QED) is 0.794. The summed E-state index contributed by atoms with van der Waals surface area (Å²) < 4.78 is 0. The highest BCUT2D eigenvalue weighted by molar-refractivity contribution is 8.03. The SMILES string of the molecule is OCC1CCN(CCNC2CSCCSC2)CC1. The van der Waals surface area contributed by atoms with E-state index < -0.39 is 0 Å². The number of rotatable bonds is 5. The van der Waals surface area contributed by atoms with Gasteiger partial charge in [-0.25, -0.2) is 0 Å². The third-order valence-electron chi connectivity index (χ3n) is 3.84. The first-order valence-corrected chi connectivity index (χ1v) is 9.41. The van der Waals surface area contributed by atoms with E-state index in [1.165, 1.54) is 55.5 Å². The van der Waals surface area contributed by atoms with Gasteiger partial charge in [-0.3, -0.25) is 0 Å². The van der Waals surface area contributed by atoms with Crippen LogP contribution >= 0.6 is 23.5 Å². The molecule has 0 saturated carbocycles. The molecule has 0 bridgehead atoms. The summed E-state index contributed by atoms with van der Waals surface area (Å²) in [7, 11) is 0. The van der Waals surface area contributed by atoms with Gasteiger partial charge in [0.05, 0.1) is 0 Å². The molecule has 18 heavy (non-hydrogen) atoms. The minimum atomic E-state index is 0.378. The lowest BCUT2D eigenvalue weighted by atomic mass is 9.98. The zero-order valence-corrected chi connectivity index (χ0v) is 12.8. The molecule has 0 aromatic heterocycles. The van der Waals surface area contributed by atoms with Gasteiger partial charge < -0.3 is 15.3 Å². The van der Waals surface area contributed by atoms with E-state index in [4.69, 9.17) is 5.11 Å². The van der Waals surface area contributed by atoms with Gasteiger partial charge in [0.2, 0.25) is 0 Å². The lowest BCUT2D eigenvalue weighted by Gasteiger charge is -2.31.